The van der Waals surface area contributed by atoms with Crippen molar-refractivity contribution in [1.82, 2.24) is 0 Å². The summed E-state index contributed by atoms with van der Waals surface area (Å²) in [4.78, 5) is 2.21. The van der Waals surface area contributed by atoms with Crippen molar-refractivity contribution in [2.24, 2.45) is 5.11 Å². The smallest absolute Gasteiger partial charge is 0.0861 e. The average Bonchev–Trinajstić information content (AvgIpc) is 2.68. The van der Waals surface area contributed by atoms with Gasteiger partial charge in [0, 0.05) is 4.91 Å². The molecular weight excluding hydrogens is 330 g/mol. The van der Waals surface area contributed by atoms with Gasteiger partial charge in [0.05, 0.1) is 10.9 Å². The standard InChI is InChI=1S/C21H18ClN3/c22-21(19-14-8-3-9-15-19,16-17-10-4-1-5-11-17)20(24-25-23)18-12-6-2-7-13-18/h1-15,20H,16H2. The van der Waals surface area contributed by atoms with Crippen LogP contribution in [0.3, 0.4) is 0 Å². The van der Waals surface area contributed by atoms with E-state index in [2.05, 4.69) is 10.0 Å². The molecule has 2 unspecified atom stereocenters. The van der Waals surface area contributed by atoms with Gasteiger partial charge in [0.25, 0.3) is 0 Å². The van der Waals surface area contributed by atoms with Crippen LogP contribution < -0.4 is 0 Å². The van der Waals surface area contributed by atoms with Gasteiger partial charge in [-0.15, -0.1) is 11.6 Å². The van der Waals surface area contributed by atoms with Crippen LogP contribution >= 0.6 is 11.6 Å². The molecule has 0 bridgehead atoms. The molecule has 0 saturated heterocycles. The van der Waals surface area contributed by atoms with E-state index in [4.69, 9.17) is 11.6 Å². The van der Waals surface area contributed by atoms with Gasteiger partial charge in [0.2, 0.25) is 0 Å². The molecule has 124 valence electrons. The lowest BCUT2D eigenvalue weighted by molar-refractivity contribution is 0.485. The van der Waals surface area contributed by atoms with E-state index in [0.29, 0.717) is 6.42 Å². The maximum Gasteiger partial charge on any atom is 0.0861 e. The van der Waals surface area contributed by atoms with Gasteiger partial charge in [0.15, 0.2) is 0 Å². The summed E-state index contributed by atoms with van der Waals surface area (Å²) in [5.41, 5.74) is 12.1. The van der Waals surface area contributed by atoms with Crippen LogP contribution in [0.4, 0.5) is 0 Å². The summed E-state index contributed by atoms with van der Waals surface area (Å²) in [5, 5.41) is 4.09. The van der Waals surface area contributed by atoms with Crippen molar-refractivity contribution < 1.29 is 0 Å². The predicted octanol–water partition coefficient (Wildman–Crippen LogP) is 6.42. The van der Waals surface area contributed by atoms with E-state index in [1.165, 1.54) is 0 Å². The first kappa shape index (κ1) is 17.1. The molecule has 0 heterocycles. The molecule has 0 spiro atoms. The topological polar surface area (TPSA) is 48.8 Å². The maximum atomic E-state index is 9.17. The van der Waals surface area contributed by atoms with Crippen molar-refractivity contribution in [2.75, 3.05) is 0 Å². The number of hydrogen-bond acceptors (Lipinski definition) is 1. The predicted molar refractivity (Wildman–Crippen MR) is 102 cm³/mol. The Morgan fingerprint density at radius 1 is 0.840 bits per heavy atom. The van der Waals surface area contributed by atoms with Crippen LogP contribution in [0, 0.1) is 0 Å². The summed E-state index contributed by atoms with van der Waals surface area (Å²) in [5.74, 6) is 0. The SMILES string of the molecule is [N-]=[N+]=NC(c1ccccc1)C(Cl)(Cc1ccccc1)c1ccccc1. The molecule has 3 rings (SSSR count). The largest absolute Gasteiger partial charge is 0.113 e. The third-order valence-corrected chi connectivity index (χ3v) is 4.83. The molecule has 4 heteroatoms. The van der Waals surface area contributed by atoms with Gasteiger partial charge in [-0.3, -0.25) is 0 Å². The van der Waals surface area contributed by atoms with Crippen LogP contribution in [-0.2, 0) is 11.3 Å². The number of azide groups is 1. The van der Waals surface area contributed by atoms with Crippen molar-refractivity contribution in [3.05, 3.63) is 118 Å². The molecule has 0 saturated carbocycles. The quantitative estimate of drug-likeness (QED) is 0.214. The fourth-order valence-electron chi connectivity index (χ4n) is 3.07. The zero-order valence-corrected chi connectivity index (χ0v) is 14.4. The minimum absolute atomic E-state index is 0.525. The Balaban J connectivity index is 2.13. The Morgan fingerprint density at radius 2 is 1.36 bits per heavy atom. The third kappa shape index (κ3) is 3.85. The number of halogens is 1. The molecule has 0 amide bonds. The van der Waals surface area contributed by atoms with E-state index in [-0.39, 0.29) is 0 Å². The van der Waals surface area contributed by atoms with Gasteiger partial charge in [-0.1, -0.05) is 96.1 Å². The van der Waals surface area contributed by atoms with Crippen LogP contribution in [0.15, 0.2) is 96.1 Å². The van der Waals surface area contributed by atoms with Gasteiger partial charge in [-0.2, -0.15) is 0 Å². The van der Waals surface area contributed by atoms with Gasteiger partial charge in [0.1, 0.15) is 0 Å². The molecule has 0 aromatic heterocycles. The Kier molecular flexibility index (Phi) is 5.39. The number of alkyl halides is 1. The molecule has 3 aromatic rings. The lowest BCUT2D eigenvalue weighted by Gasteiger charge is -2.34. The lowest BCUT2D eigenvalue weighted by Crippen LogP contribution is -2.29. The highest BCUT2D eigenvalue weighted by atomic mass is 35.5. The van der Waals surface area contributed by atoms with Crippen LogP contribution in [0.25, 0.3) is 10.4 Å². The number of nitrogens with zero attached hydrogens (tertiary/aromatic N) is 3. The van der Waals surface area contributed by atoms with E-state index in [0.717, 1.165) is 16.7 Å². The van der Waals surface area contributed by atoms with Crippen molar-refractivity contribution in [3.8, 4) is 0 Å². The molecule has 3 aromatic carbocycles. The van der Waals surface area contributed by atoms with E-state index in [1.54, 1.807) is 0 Å². The van der Waals surface area contributed by atoms with Crippen LogP contribution in [0.1, 0.15) is 22.7 Å². The summed E-state index contributed by atoms with van der Waals surface area (Å²) in [6.07, 6.45) is 0.554. The summed E-state index contributed by atoms with van der Waals surface area (Å²) < 4.78 is 0. The monoisotopic (exact) mass is 347 g/mol. The first-order chi connectivity index (χ1) is 12.2. The van der Waals surface area contributed by atoms with Crippen molar-refractivity contribution in [2.45, 2.75) is 17.3 Å². The minimum atomic E-state index is -0.879. The normalized spacial score (nSPS) is 14.1. The van der Waals surface area contributed by atoms with Gasteiger partial charge >= 0.3 is 0 Å². The van der Waals surface area contributed by atoms with Gasteiger partial charge in [-0.25, -0.2) is 0 Å². The van der Waals surface area contributed by atoms with Crippen molar-refractivity contribution >= 4 is 11.6 Å². The Bertz CT molecular complexity index is 846. The molecule has 0 aliphatic heterocycles. The highest BCUT2D eigenvalue weighted by Crippen LogP contribution is 2.46. The third-order valence-electron chi connectivity index (χ3n) is 4.27. The molecule has 0 aliphatic carbocycles. The fraction of sp³-hybridized carbons (Fsp3) is 0.143. The molecule has 25 heavy (non-hydrogen) atoms. The average molecular weight is 348 g/mol. The van der Waals surface area contributed by atoms with E-state index in [1.807, 2.05) is 91.0 Å². The number of rotatable bonds is 6. The molecule has 0 aliphatic rings. The van der Waals surface area contributed by atoms with Crippen molar-refractivity contribution in [3.63, 3.8) is 0 Å². The maximum absolute atomic E-state index is 9.17. The molecule has 0 N–H and O–H groups in total. The number of hydrogen-bond donors (Lipinski definition) is 0. The van der Waals surface area contributed by atoms with Crippen molar-refractivity contribution in [1.29, 1.82) is 0 Å². The fourth-order valence-corrected chi connectivity index (χ4v) is 3.52. The van der Waals surface area contributed by atoms with E-state index >= 15 is 0 Å². The van der Waals surface area contributed by atoms with Gasteiger partial charge < -0.3 is 0 Å². The Hall–Kier alpha value is -2.74. The second-order valence-corrected chi connectivity index (χ2v) is 6.58. The zero-order valence-electron chi connectivity index (χ0n) is 13.7. The van der Waals surface area contributed by atoms with E-state index in [9.17, 15) is 5.53 Å². The van der Waals surface area contributed by atoms with Crippen LogP contribution in [0.2, 0.25) is 0 Å². The summed E-state index contributed by atoms with van der Waals surface area (Å²) in [7, 11) is 0. The Morgan fingerprint density at radius 3 is 1.92 bits per heavy atom. The highest BCUT2D eigenvalue weighted by Gasteiger charge is 2.39. The minimum Gasteiger partial charge on any atom is -0.113 e. The van der Waals surface area contributed by atoms with Gasteiger partial charge in [-0.05, 0) is 28.6 Å². The summed E-state index contributed by atoms with van der Waals surface area (Å²) in [6.45, 7) is 0. The first-order valence-electron chi connectivity index (χ1n) is 8.11. The molecule has 0 fully saturated rings. The van der Waals surface area contributed by atoms with E-state index < -0.39 is 10.9 Å². The molecule has 0 radical (unpaired) electrons. The Labute approximate surface area is 152 Å². The summed E-state index contributed by atoms with van der Waals surface area (Å²) in [6, 6.07) is 29.0. The second-order valence-electron chi connectivity index (χ2n) is 5.91. The van der Waals surface area contributed by atoms with Crippen LogP contribution in [0.5, 0.6) is 0 Å². The summed E-state index contributed by atoms with van der Waals surface area (Å²) >= 11 is 7.21. The first-order valence-corrected chi connectivity index (χ1v) is 8.49. The second kappa shape index (κ2) is 7.89. The lowest BCUT2D eigenvalue weighted by atomic mass is 9.82. The number of benzene rings is 3. The molecular formula is C21H18ClN3. The highest BCUT2D eigenvalue weighted by molar-refractivity contribution is 6.24. The molecule has 2 atom stereocenters. The molecule has 3 nitrogen and oxygen atoms in total. The zero-order chi connectivity index (χ0) is 17.5. The van der Waals surface area contributed by atoms with Crippen LogP contribution in [-0.4, -0.2) is 0 Å².